The van der Waals surface area contributed by atoms with E-state index >= 15 is 0 Å². The predicted octanol–water partition coefficient (Wildman–Crippen LogP) is 2.51. The normalized spacial score (nSPS) is 17.5. The van der Waals surface area contributed by atoms with Crippen molar-refractivity contribution in [3.8, 4) is 6.07 Å². The zero-order chi connectivity index (χ0) is 16.9. The maximum absolute atomic E-state index is 9.25. The van der Waals surface area contributed by atoms with Gasteiger partial charge in [-0.05, 0) is 45.4 Å². The van der Waals surface area contributed by atoms with Crippen LogP contribution in [0.4, 0.5) is 11.6 Å². The van der Waals surface area contributed by atoms with Crippen molar-refractivity contribution in [1.82, 2.24) is 15.3 Å². The van der Waals surface area contributed by atoms with Gasteiger partial charge < -0.3 is 15.5 Å². The third-order valence-electron chi connectivity index (χ3n) is 4.52. The van der Waals surface area contributed by atoms with Crippen LogP contribution in [0.25, 0.3) is 10.8 Å². The number of hydrogen-bond donors (Lipinski definition) is 2. The molecule has 0 aromatic carbocycles. The van der Waals surface area contributed by atoms with Gasteiger partial charge in [-0.1, -0.05) is 0 Å². The van der Waals surface area contributed by atoms with Gasteiger partial charge in [-0.2, -0.15) is 5.26 Å². The van der Waals surface area contributed by atoms with E-state index in [1.54, 1.807) is 6.07 Å². The lowest BCUT2D eigenvalue weighted by molar-refractivity contribution is 0.479. The molecule has 0 radical (unpaired) electrons. The summed E-state index contributed by atoms with van der Waals surface area (Å²) >= 11 is 0. The molecule has 0 aliphatic carbocycles. The van der Waals surface area contributed by atoms with E-state index in [9.17, 15) is 5.26 Å². The molecule has 3 rings (SSSR count). The number of piperidine rings is 1. The van der Waals surface area contributed by atoms with Gasteiger partial charge in [0.25, 0.3) is 0 Å². The molecule has 0 saturated carbocycles. The van der Waals surface area contributed by atoms with Gasteiger partial charge in [0, 0.05) is 42.6 Å². The second-order valence-corrected chi connectivity index (χ2v) is 6.09. The van der Waals surface area contributed by atoms with Crippen LogP contribution in [0.1, 0.15) is 32.4 Å². The van der Waals surface area contributed by atoms with Gasteiger partial charge in [0.1, 0.15) is 23.4 Å². The molecule has 0 spiro atoms. The van der Waals surface area contributed by atoms with Crippen molar-refractivity contribution in [2.75, 3.05) is 36.4 Å². The fraction of sp³-hybridized carbons (Fsp3) is 0.500. The molecule has 0 amide bonds. The molecular formula is C18H24N6. The zero-order valence-electron chi connectivity index (χ0n) is 14.3. The molecule has 2 N–H and O–H groups in total. The SMILES string of the molecule is CCN(CC)c1nc(C#N)cc2cnc(NC3CCCNC3)cc12. The van der Waals surface area contributed by atoms with Crippen LogP contribution in [0.2, 0.25) is 0 Å². The van der Waals surface area contributed by atoms with Gasteiger partial charge in [0.2, 0.25) is 0 Å². The van der Waals surface area contributed by atoms with Crippen LogP contribution in [-0.2, 0) is 0 Å². The summed E-state index contributed by atoms with van der Waals surface area (Å²) in [5.74, 6) is 1.73. The Morgan fingerprint density at radius 3 is 2.88 bits per heavy atom. The molecule has 1 atom stereocenters. The van der Waals surface area contributed by atoms with Crippen LogP contribution in [0.3, 0.4) is 0 Å². The summed E-state index contributed by atoms with van der Waals surface area (Å²) in [5.41, 5.74) is 0.434. The highest BCUT2D eigenvalue weighted by molar-refractivity contribution is 5.94. The van der Waals surface area contributed by atoms with Crippen LogP contribution < -0.4 is 15.5 Å². The first kappa shape index (κ1) is 16.5. The molecule has 126 valence electrons. The molecule has 6 nitrogen and oxygen atoms in total. The predicted molar refractivity (Wildman–Crippen MR) is 97.3 cm³/mol. The standard InChI is InChI=1S/C18H24N6/c1-3-24(4-2)18-16-9-17(22-14-6-5-7-20-12-14)21-11-13(16)8-15(10-19)23-18/h8-9,11,14,20H,3-7,12H2,1-2H3,(H,21,22). The molecular weight excluding hydrogens is 300 g/mol. The van der Waals surface area contributed by atoms with Crippen LogP contribution in [-0.4, -0.2) is 42.2 Å². The van der Waals surface area contributed by atoms with E-state index < -0.39 is 0 Å². The lowest BCUT2D eigenvalue weighted by Gasteiger charge is -2.25. The average Bonchev–Trinajstić information content (AvgIpc) is 2.63. The Balaban J connectivity index is 2.00. The number of rotatable bonds is 5. The average molecular weight is 324 g/mol. The van der Waals surface area contributed by atoms with E-state index in [1.807, 2.05) is 6.20 Å². The van der Waals surface area contributed by atoms with Crippen LogP contribution >= 0.6 is 0 Å². The second-order valence-electron chi connectivity index (χ2n) is 6.09. The van der Waals surface area contributed by atoms with Crippen molar-refractivity contribution in [3.63, 3.8) is 0 Å². The number of nitrogens with one attached hydrogen (secondary N) is 2. The molecule has 3 heterocycles. The minimum Gasteiger partial charge on any atom is -0.366 e. The summed E-state index contributed by atoms with van der Waals surface area (Å²) in [6, 6.07) is 6.43. The van der Waals surface area contributed by atoms with Crippen molar-refractivity contribution in [2.24, 2.45) is 0 Å². The molecule has 24 heavy (non-hydrogen) atoms. The Bertz CT molecular complexity index is 741. The molecule has 1 fully saturated rings. The Kier molecular flexibility index (Phi) is 5.11. The van der Waals surface area contributed by atoms with E-state index in [-0.39, 0.29) is 0 Å². The van der Waals surface area contributed by atoms with E-state index in [0.717, 1.165) is 55.0 Å². The van der Waals surface area contributed by atoms with Crippen LogP contribution in [0.5, 0.6) is 0 Å². The van der Waals surface area contributed by atoms with E-state index in [1.165, 1.54) is 6.42 Å². The maximum atomic E-state index is 9.25. The summed E-state index contributed by atoms with van der Waals surface area (Å²) < 4.78 is 0. The van der Waals surface area contributed by atoms with Gasteiger partial charge >= 0.3 is 0 Å². The number of hydrogen-bond acceptors (Lipinski definition) is 6. The van der Waals surface area contributed by atoms with Gasteiger partial charge in [0.05, 0.1) is 0 Å². The quantitative estimate of drug-likeness (QED) is 0.880. The maximum Gasteiger partial charge on any atom is 0.143 e. The first-order valence-electron chi connectivity index (χ1n) is 8.68. The molecule has 1 aliphatic rings. The van der Waals surface area contributed by atoms with E-state index in [0.29, 0.717) is 11.7 Å². The van der Waals surface area contributed by atoms with Crippen LogP contribution in [0, 0.1) is 11.3 Å². The Hall–Kier alpha value is -2.39. The summed E-state index contributed by atoms with van der Waals surface area (Å²) in [6.07, 6.45) is 4.17. The zero-order valence-corrected chi connectivity index (χ0v) is 14.3. The number of nitriles is 1. The first-order valence-corrected chi connectivity index (χ1v) is 8.68. The third kappa shape index (κ3) is 3.41. The lowest BCUT2D eigenvalue weighted by atomic mass is 10.1. The molecule has 1 saturated heterocycles. The molecule has 1 unspecified atom stereocenters. The monoisotopic (exact) mass is 324 g/mol. The fourth-order valence-corrected chi connectivity index (χ4v) is 3.21. The van der Waals surface area contributed by atoms with E-state index in [4.69, 9.17) is 0 Å². The highest BCUT2D eigenvalue weighted by atomic mass is 15.2. The summed E-state index contributed by atoms with van der Waals surface area (Å²) in [5, 5.41) is 18.2. The van der Waals surface area contributed by atoms with Crippen molar-refractivity contribution in [2.45, 2.75) is 32.7 Å². The molecule has 2 aromatic heterocycles. The summed E-state index contributed by atoms with van der Waals surface area (Å²) in [4.78, 5) is 11.3. The number of pyridine rings is 2. The third-order valence-corrected chi connectivity index (χ3v) is 4.52. The van der Waals surface area contributed by atoms with Crippen molar-refractivity contribution >= 4 is 22.4 Å². The molecule has 0 bridgehead atoms. The van der Waals surface area contributed by atoms with Crippen molar-refractivity contribution < 1.29 is 0 Å². The topological polar surface area (TPSA) is 76.9 Å². The highest BCUT2D eigenvalue weighted by Gasteiger charge is 2.15. The number of nitrogens with zero attached hydrogens (tertiary/aromatic N) is 4. The fourth-order valence-electron chi connectivity index (χ4n) is 3.21. The number of aromatic nitrogens is 2. The van der Waals surface area contributed by atoms with Gasteiger partial charge in [-0.15, -0.1) is 0 Å². The molecule has 1 aliphatic heterocycles. The number of fused-ring (bicyclic) bond motifs is 1. The van der Waals surface area contributed by atoms with Crippen molar-refractivity contribution in [1.29, 1.82) is 5.26 Å². The summed E-state index contributed by atoms with van der Waals surface area (Å²) in [6.45, 7) is 7.97. The number of anilines is 2. The Morgan fingerprint density at radius 2 is 2.21 bits per heavy atom. The molecule has 2 aromatic rings. The Morgan fingerprint density at radius 1 is 1.38 bits per heavy atom. The highest BCUT2D eigenvalue weighted by Crippen LogP contribution is 2.27. The van der Waals surface area contributed by atoms with Gasteiger partial charge in [0.15, 0.2) is 0 Å². The van der Waals surface area contributed by atoms with Gasteiger partial charge in [-0.3, -0.25) is 0 Å². The first-order chi connectivity index (χ1) is 11.7. The Labute approximate surface area is 142 Å². The minimum atomic E-state index is 0.409. The van der Waals surface area contributed by atoms with Gasteiger partial charge in [-0.25, -0.2) is 9.97 Å². The van der Waals surface area contributed by atoms with Crippen LogP contribution in [0.15, 0.2) is 18.3 Å². The smallest absolute Gasteiger partial charge is 0.143 e. The summed E-state index contributed by atoms with van der Waals surface area (Å²) in [7, 11) is 0. The van der Waals surface area contributed by atoms with E-state index in [2.05, 4.69) is 51.5 Å². The largest absolute Gasteiger partial charge is 0.366 e. The minimum absolute atomic E-state index is 0.409. The molecule has 6 heteroatoms. The van der Waals surface area contributed by atoms with Crippen molar-refractivity contribution in [3.05, 3.63) is 24.0 Å². The second kappa shape index (κ2) is 7.45. The lowest BCUT2D eigenvalue weighted by Crippen LogP contribution is -2.38.